The third-order valence-electron chi connectivity index (χ3n) is 7.29. The fourth-order valence-electron chi connectivity index (χ4n) is 5.20. The van der Waals surface area contributed by atoms with Crippen LogP contribution in [0.25, 0.3) is 45.2 Å². The Morgan fingerprint density at radius 1 is 0.872 bits per heavy atom. The minimum atomic E-state index is -3.38. The summed E-state index contributed by atoms with van der Waals surface area (Å²) in [4.78, 5) is 12.8. The highest BCUT2D eigenvalue weighted by molar-refractivity contribution is 7.92. The van der Waals surface area contributed by atoms with Crippen LogP contribution >= 0.6 is 0 Å². The molecule has 0 amide bonds. The molecule has 0 bridgehead atoms. The molecule has 2 N–H and O–H groups in total. The van der Waals surface area contributed by atoms with E-state index >= 15 is 0 Å². The zero-order chi connectivity index (χ0) is 27.0. The van der Waals surface area contributed by atoms with Gasteiger partial charge in [0.25, 0.3) is 0 Å². The van der Waals surface area contributed by atoms with Gasteiger partial charge >= 0.3 is 0 Å². The summed E-state index contributed by atoms with van der Waals surface area (Å²) in [7, 11) is -1.21. The Labute approximate surface area is 228 Å². The zero-order valence-corrected chi connectivity index (χ0v) is 22.9. The van der Waals surface area contributed by atoms with Gasteiger partial charge in [0.05, 0.1) is 11.9 Å². The highest BCUT2D eigenvalue weighted by atomic mass is 32.2. The maximum Gasteiger partial charge on any atom is 0.229 e. The minimum absolute atomic E-state index is 0.544. The Bertz CT molecular complexity index is 1780. The largest absolute Gasteiger partial charge is 0.369 e. The molecular formula is C31H31N5O2S. The number of fused-ring (bicyclic) bond motifs is 3. The van der Waals surface area contributed by atoms with Crippen LogP contribution in [0.3, 0.4) is 0 Å². The van der Waals surface area contributed by atoms with Gasteiger partial charge in [0.15, 0.2) is 0 Å². The van der Waals surface area contributed by atoms with Gasteiger partial charge in [0.1, 0.15) is 5.65 Å². The Kier molecular flexibility index (Phi) is 6.58. The number of nitrogens with zero attached hydrogens (tertiary/aromatic N) is 3. The predicted octanol–water partition coefficient (Wildman–Crippen LogP) is 5.68. The van der Waals surface area contributed by atoms with Crippen molar-refractivity contribution in [3.8, 4) is 11.1 Å². The number of rotatable bonds is 6. The number of likely N-dealkylation sites (N-methyl/N-ethyl adjacent to an activating group) is 1. The van der Waals surface area contributed by atoms with E-state index in [1.165, 1.54) is 11.3 Å². The number of aromatic amines is 1. The molecule has 8 heteroatoms. The van der Waals surface area contributed by atoms with Crippen molar-refractivity contribution >= 4 is 55.5 Å². The SMILES string of the molecule is CN1CCN(c2ccc(-c3ccc4[nH]c5nccc(C=Cc6ccccc6NS(C)(=O)=O)c5c4c3)cc2)CC1. The van der Waals surface area contributed by atoms with Crippen LogP contribution in [0.4, 0.5) is 11.4 Å². The number of sulfonamides is 1. The molecule has 0 atom stereocenters. The van der Waals surface area contributed by atoms with Crippen LogP contribution in [0, 0.1) is 0 Å². The summed E-state index contributed by atoms with van der Waals surface area (Å²) < 4.78 is 26.2. The summed E-state index contributed by atoms with van der Waals surface area (Å²) >= 11 is 0. The normalized spacial score (nSPS) is 15.0. The zero-order valence-electron chi connectivity index (χ0n) is 22.1. The molecule has 1 aliphatic heterocycles. The summed E-state index contributed by atoms with van der Waals surface area (Å²) in [6.45, 7) is 4.28. The lowest BCUT2D eigenvalue weighted by atomic mass is 10.0. The second-order valence-corrected chi connectivity index (χ2v) is 11.9. The van der Waals surface area contributed by atoms with Crippen molar-refractivity contribution in [2.75, 3.05) is 49.1 Å². The molecule has 0 aliphatic carbocycles. The number of H-pyrrole nitrogens is 1. The van der Waals surface area contributed by atoms with Gasteiger partial charge < -0.3 is 14.8 Å². The molecular weight excluding hydrogens is 506 g/mol. The van der Waals surface area contributed by atoms with E-state index in [9.17, 15) is 8.42 Å². The Balaban J connectivity index is 1.35. The molecule has 1 saturated heterocycles. The van der Waals surface area contributed by atoms with E-state index in [0.717, 1.165) is 71.1 Å². The monoisotopic (exact) mass is 537 g/mol. The average molecular weight is 538 g/mol. The standard InChI is InChI=1S/C31H31N5O2S/c1-35-17-19-36(20-18-35)26-12-9-22(10-13-26)25-11-14-29-27(21-25)30-24(15-16-32-31(30)33-29)8-7-23-5-3-4-6-28(23)34-39(2,37)38/h3-16,21,34H,17-20H2,1-2H3,(H,32,33). The Hall–Kier alpha value is -4.14. The van der Waals surface area contributed by atoms with Crippen LogP contribution in [-0.4, -0.2) is 62.8 Å². The number of para-hydroxylation sites is 1. The summed E-state index contributed by atoms with van der Waals surface area (Å²) in [5.74, 6) is 0. The summed E-state index contributed by atoms with van der Waals surface area (Å²) in [6, 6.07) is 24.7. The number of hydrogen-bond acceptors (Lipinski definition) is 5. The lowest BCUT2D eigenvalue weighted by Crippen LogP contribution is -2.44. The third kappa shape index (κ3) is 5.39. The maximum atomic E-state index is 11.8. The van der Waals surface area contributed by atoms with Crippen molar-refractivity contribution in [2.24, 2.45) is 0 Å². The molecule has 2 aromatic heterocycles. The molecule has 3 aromatic carbocycles. The Morgan fingerprint density at radius 2 is 1.59 bits per heavy atom. The molecule has 3 heterocycles. The van der Waals surface area contributed by atoms with E-state index in [-0.39, 0.29) is 0 Å². The van der Waals surface area contributed by atoms with Crippen LogP contribution in [0.5, 0.6) is 0 Å². The number of pyridine rings is 1. The van der Waals surface area contributed by atoms with Crippen LogP contribution in [-0.2, 0) is 10.0 Å². The van der Waals surface area contributed by atoms with Crippen LogP contribution in [0.2, 0.25) is 0 Å². The first kappa shape index (κ1) is 25.2. The smallest absolute Gasteiger partial charge is 0.229 e. The quantitative estimate of drug-likeness (QED) is 0.291. The molecule has 7 nitrogen and oxygen atoms in total. The number of anilines is 2. The molecule has 39 heavy (non-hydrogen) atoms. The molecule has 198 valence electrons. The molecule has 0 radical (unpaired) electrons. The molecule has 1 fully saturated rings. The summed E-state index contributed by atoms with van der Waals surface area (Å²) in [5.41, 5.74) is 7.76. The van der Waals surface area contributed by atoms with Crippen molar-refractivity contribution in [3.63, 3.8) is 0 Å². The molecule has 0 spiro atoms. The van der Waals surface area contributed by atoms with Crippen molar-refractivity contribution < 1.29 is 8.42 Å². The van der Waals surface area contributed by atoms with Crippen molar-refractivity contribution in [2.45, 2.75) is 0 Å². The molecule has 5 aromatic rings. The van der Waals surface area contributed by atoms with Crippen molar-refractivity contribution in [3.05, 3.63) is 90.1 Å². The second kappa shape index (κ2) is 10.2. The van der Waals surface area contributed by atoms with Gasteiger partial charge in [0, 0.05) is 54.4 Å². The first-order valence-corrected chi connectivity index (χ1v) is 14.9. The molecule has 0 saturated carbocycles. The lowest BCUT2D eigenvalue weighted by Gasteiger charge is -2.34. The van der Waals surface area contributed by atoms with E-state index < -0.39 is 10.0 Å². The first-order valence-electron chi connectivity index (χ1n) is 13.0. The topological polar surface area (TPSA) is 81.3 Å². The van der Waals surface area contributed by atoms with Gasteiger partial charge in [0.2, 0.25) is 10.0 Å². The summed E-state index contributed by atoms with van der Waals surface area (Å²) in [5, 5.41) is 2.13. The molecule has 6 rings (SSSR count). The van der Waals surface area contributed by atoms with E-state index in [1.807, 2.05) is 36.4 Å². The minimum Gasteiger partial charge on any atom is -0.369 e. The number of benzene rings is 3. The van der Waals surface area contributed by atoms with Gasteiger partial charge in [-0.15, -0.1) is 0 Å². The van der Waals surface area contributed by atoms with Gasteiger partial charge in [-0.25, -0.2) is 13.4 Å². The fourth-order valence-corrected chi connectivity index (χ4v) is 5.79. The second-order valence-electron chi connectivity index (χ2n) is 10.1. The van der Waals surface area contributed by atoms with Crippen LogP contribution in [0.1, 0.15) is 11.1 Å². The van der Waals surface area contributed by atoms with E-state index in [4.69, 9.17) is 0 Å². The van der Waals surface area contributed by atoms with E-state index in [1.54, 1.807) is 12.3 Å². The van der Waals surface area contributed by atoms with E-state index in [2.05, 4.69) is 74.0 Å². The van der Waals surface area contributed by atoms with Crippen molar-refractivity contribution in [1.82, 2.24) is 14.9 Å². The number of aromatic nitrogens is 2. The maximum absolute atomic E-state index is 11.8. The Morgan fingerprint density at radius 3 is 2.36 bits per heavy atom. The fraction of sp³-hybridized carbons (Fsp3) is 0.194. The number of nitrogens with one attached hydrogen (secondary N) is 2. The number of piperazine rings is 1. The summed E-state index contributed by atoms with van der Waals surface area (Å²) in [6.07, 6.45) is 6.89. The average Bonchev–Trinajstić information content (AvgIpc) is 3.31. The lowest BCUT2D eigenvalue weighted by molar-refractivity contribution is 0.313. The third-order valence-corrected chi connectivity index (χ3v) is 7.88. The van der Waals surface area contributed by atoms with Gasteiger partial charge in [-0.1, -0.05) is 48.6 Å². The molecule has 0 unspecified atom stereocenters. The highest BCUT2D eigenvalue weighted by Gasteiger charge is 2.15. The van der Waals surface area contributed by atoms with Gasteiger partial charge in [-0.3, -0.25) is 4.72 Å². The van der Waals surface area contributed by atoms with Gasteiger partial charge in [-0.2, -0.15) is 0 Å². The van der Waals surface area contributed by atoms with Crippen molar-refractivity contribution in [1.29, 1.82) is 0 Å². The van der Waals surface area contributed by atoms with Gasteiger partial charge in [-0.05, 0) is 65.7 Å². The van der Waals surface area contributed by atoms with Crippen LogP contribution < -0.4 is 9.62 Å². The first-order chi connectivity index (χ1) is 18.8. The molecule has 1 aliphatic rings. The number of hydrogen-bond donors (Lipinski definition) is 2. The van der Waals surface area contributed by atoms with Crippen LogP contribution in [0.15, 0.2) is 79.0 Å². The van der Waals surface area contributed by atoms with E-state index in [0.29, 0.717) is 5.69 Å². The predicted molar refractivity (Wildman–Crippen MR) is 163 cm³/mol. The highest BCUT2D eigenvalue weighted by Crippen LogP contribution is 2.33.